The molecule has 0 radical (unpaired) electrons. The van der Waals surface area contributed by atoms with Gasteiger partial charge < -0.3 is 5.32 Å². The number of carbonyl (C=O) groups excluding carboxylic acids is 1. The van der Waals surface area contributed by atoms with Crippen molar-refractivity contribution in [1.29, 1.82) is 0 Å². The summed E-state index contributed by atoms with van der Waals surface area (Å²) in [6.45, 7) is 6.85. The van der Waals surface area contributed by atoms with E-state index in [9.17, 15) is 13.2 Å². The summed E-state index contributed by atoms with van der Waals surface area (Å²) in [6, 6.07) is 15.0. The van der Waals surface area contributed by atoms with E-state index < -0.39 is 10.0 Å². The van der Waals surface area contributed by atoms with Crippen LogP contribution in [0.25, 0.3) is 6.08 Å². The second-order valence-electron chi connectivity index (χ2n) is 7.49. The van der Waals surface area contributed by atoms with Crippen LogP contribution in [0.2, 0.25) is 0 Å². The molecule has 0 atom stereocenters. The van der Waals surface area contributed by atoms with Crippen LogP contribution < -0.4 is 10.0 Å². The maximum absolute atomic E-state index is 12.0. The Balaban J connectivity index is 1.88. The highest BCUT2D eigenvalue weighted by atomic mass is 32.2. The summed E-state index contributed by atoms with van der Waals surface area (Å²) in [5.41, 5.74) is 3.69. The first kappa shape index (κ1) is 20.7. The maximum Gasteiger partial charge on any atom is 0.244 e. The Labute approximate surface area is 161 Å². The first-order valence-electron chi connectivity index (χ1n) is 8.66. The summed E-state index contributed by atoms with van der Waals surface area (Å²) in [5, 5.41) is 2.81. The molecule has 0 heterocycles. The fraction of sp³-hybridized carbons (Fsp3) is 0.286. The SMILES string of the molecule is CC(C)(C)c1ccc(/C=C/C(=O)NCc2ccc(NS(C)(=O)=O)cc2)cc1. The largest absolute Gasteiger partial charge is 0.348 e. The van der Waals surface area contributed by atoms with Crippen molar-refractivity contribution < 1.29 is 13.2 Å². The zero-order valence-corrected chi connectivity index (χ0v) is 16.9. The Morgan fingerprint density at radius 1 is 1.00 bits per heavy atom. The Hall–Kier alpha value is -2.60. The van der Waals surface area contributed by atoms with Crippen molar-refractivity contribution in [3.8, 4) is 0 Å². The fourth-order valence-electron chi connectivity index (χ4n) is 2.42. The number of amides is 1. The van der Waals surface area contributed by atoms with Crippen LogP contribution in [-0.4, -0.2) is 20.6 Å². The molecule has 0 saturated heterocycles. The Bertz CT molecular complexity index is 907. The van der Waals surface area contributed by atoms with Gasteiger partial charge in [0.05, 0.1) is 6.26 Å². The molecule has 2 N–H and O–H groups in total. The number of carbonyl (C=O) groups is 1. The van der Waals surface area contributed by atoms with Crippen molar-refractivity contribution in [3.05, 3.63) is 71.3 Å². The Kier molecular flexibility index (Phi) is 6.44. The number of hydrogen-bond donors (Lipinski definition) is 2. The van der Waals surface area contributed by atoms with Crippen LogP contribution >= 0.6 is 0 Å². The van der Waals surface area contributed by atoms with Crippen LogP contribution in [0, 0.1) is 0 Å². The molecule has 6 heteroatoms. The smallest absolute Gasteiger partial charge is 0.244 e. The molecule has 27 heavy (non-hydrogen) atoms. The molecule has 0 aliphatic carbocycles. The highest BCUT2D eigenvalue weighted by Gasteiger charge is 2.12. The van der Waals surface area contributed by atoms with Gasteiger partial charge in [0.25, 0.3) is 0 Å². The summed E-state index contributed by atoms with van der Waals surface area (Å²) in [7, 11) is -3.29. The van der Waals surface area contributed by atoms with Gasteiger partial charge in [-0.2, -0.15) is 0 Å². The molecule has 0 fully saturated rings. The van der Waals surface area contributed by atoms with Gasteiger partial charge in [0.1, 0.15) is 0 Å². The quantitative estimate of drug-likeness (QED) is 0.744. The molecule has 0 aliphatic heterocycles. The molecule has 0 unspecified atom stereocenters. The standard InChI is InChI=1S/C21H26N2O3S/c1-21(2,3)18-10-5-16(6-11-18)9-14-20(24)22-15-17-7-12-19(13-8-17)23-27(4,25)26/h5-14,23H,15H2,1-4H3,(H,22,24)/b14-9+. The average Bonchev–Trinajstić information content (AvgIpc) is 2.57. The lowest BCUT2D eigenvalue weighted by molar-refractivity contribution is -0.116. The van der Waals surface area contributed by atoms with Gasteiger partial charge in [0.15, 0.2) is 0 Å². The minimum atomic E-state index is -3.29. The van der Waals surface area contributed by atoms with E-state index >= 15 is 0 Å². The van der Waals surface area contributed by atoms with Crippen LogP contribution in [0.5, 0.6) is 0 Å². The molecule has 144 valence electrons. The average molecular weight is 387 g/mol. The van der Waals surface area contributed by atoms with Crippen molar-refractivity contribution in [3.63, 3.8) is 0 Å². The maximum atomic E-state index is 12.0. The summed E-state index contributed by atoms with van der Waals surface area (Å²) in [4.78, 5) is 12.0. The van der Waals surface area contributed by atoms with E-state index in [2.05, 4.69) is 42.9 Å². The Morgan fingerprint density at radius 3 is 2.11 bits per heavy atom. The number of sulfonamides is 1. The minimum absolute atomic E-state index is 0.103. The van der Waals surface area contributed by atoms with Gasteiger partial charge in [-0.05, 0) is 40.3 Å². The van der Waals surface area contributed by atoms with Crippen LogP contribution in [0.4, 0.5) is 5.69 Å². The van der Waals surface area contributed by atoms with Gasteiger partial charge in [-0.25, -0.2) is 8.42 Å². The normalized spacial score (nSPS) is 12.1. The van der Waals surface area contributed by atoms with Gasteiger partial charge in [-0.3, -0.25) is 9.52 Å². The van der Waals surface area contributed by atoms with Crippen molar-refractivity contribution in [2.75, 3.05) is 11.0 Å². The highest BCUT2D eigenvalue weighted by molar-refractivity contribution is 7.92. The first-order chi connectivity index (χ1) is 12.5. The summed E-state index contributed by atoms with van der Waals surface area (Å²) in [6.07, 6.45) is 4.39. The second-order valence-corrected chi connectivity index (χ2v) is 9.24. The zero-order chi connectivity index (χ0) is 20.1. The third-order valence-electron chi connectivity index (χ3n) is 3.93. The second kappa shape index (κ2) is 8.39. The van der Waals surface area contributed by atoms with E-state index in [0.29, 0.717) is 12.2 Å². The van der Waals surface area contributed by atoms with E-state index in [1.807, 2.05) is 12.1 Å². The van der Waals surface area contributed by atoms with E-state index in [0.717, 1.165) is 17.4 Å². The third-order valence-corrected chi connectivity index (χ3v) is 4.53. The molecule has 0 aliphatic rings. The molecule has 0 bridgehead atoms. The van der Waals surface area contributed by atoms with Crippen molar-refractivity contribution in [2.24, 2.45) is 0 Å². The van der Waals surface area contributed by atoms with Crippen LogP contribution in [0.1, 0.15) is 37.5 Å². The van der Waals surface area contributed by atoms with Gasteiger partial charge in [0, 0.05) is 18.3 Å². The first-order valence-corrected chi connectivity index (χ1v) is 10.6. The number of anilines is 1. The minimum Gasteiger partial charge on any atom is -0.348 e. The predicted molar refractivity (Wildman–Crippen MR) is 111 cm³/mol. The predicted octanol–water partition coefficient (Wildman–Crippen LogP) is 3.69. The number of hydrogen-bond acceptors (Lipinski definition) is 3. The lowest BCUT2D eigenvalue weighted by atomic mass is 9.87. The van der Waals surface area contributed by atoms with Gasteiger partial charge in [-0.15, -0.1) is 0 Å². The van der Waals surface area contributed by atoms with E-state index in [1.54, 1.807) is 30.3 Å². The summed E-state index contributed by atoms with van der Waals surface area (Å²) >= 11 is 0. The monoisotopic (exact) mass is 386 g/mol. The van der Waals surface area contributed by atoms with Crippen molar-refractivity contribution in [2.45, 2.75) is 32.7 Å². The van der Waals surface area contributed by atoms with E-state index in [4.69, 9.17) is 0 Å². The van der Waals surface area contributed by atoms with Crippen molar-refractivity contribution in [1.82, 2.24) is 5.32 Å². The molecular weight excluding hydrogens is 360 g/mol. The van der Waals surface area contributed by atoms with Crippen LogP contribution in [0.15, 0.2) is 54.6 Å². The highest BCUT2D eigenvalue weighted by Crippen LogP contribution is 2.22. The van der Waals surface area contributed by atoms with Crippen LogP contribution in [0.3, 0.4) is 0 Å². The summed E-state index contributed by atoms with van der Waals surface area (Å²) < 4.78 is 24.8. The fourth-order valence-corrected chi connectivity index (χ4v) is 2.98. The Morgan fingerprint density at radius 2 is 1.59 bits per heavy atom. The zero-order valence-electron chi connectivity index (χ0n) is 16.1. The lowest BCUT2D eigenvalue weighted by Gasteiger charge is -2.18. The summed E-state index contributed by atoms with van der Waals surface area (Å²) in [5.74, 6) is -0.187. The van der Waals surface area contributed by atoms with E-state index in [-0.39, 0.29) is 11.3 Å². The molecule has 0 spiro atoms. The number of nitrogens with one attached hydrogen (secondary N) is 2. The van der Waals surface area contributed by atoms with Gasteiger partial charge in [0.2, 0.25) is 15.9 Å². The number of rotatable bonds is 6. The number of benzene rings is 2. The molecule has 1 amide bonds. The van der Waals surface area contributed by atoms with Crippen molar-refractivity contribution >= 4 is 27.7 Å². The molecule has 2 aromatic carbocycles. The third kappa shape index (κ3) is 7.27. The van der Waals surface area contributed by atoms with Gasteiger partial charge >= 0.3 is 0 Å². The van der Waals surface area contributed by atoms with Crippen LogP contribution in [-0.2, 0) is 26.8 Å². The molecule has 5 nitrogen and oxygen atoms in total. The molecular formula is C21H26N2O3S. The van der Waals surface area contributed by atoms with E-state index in [1.165, 1.54) is 11.6 Å². The molecule has 2 aromatic rings. The molecule has 0 aromatic heterocycles. The molecule has 2 rings (SSSR count). The van der Waals surface area contributed by atoms with Gasteiger partial charge in [-0.1, -0.05) is 57.2 Å². The topological polar surface area (TPSA) is 75.3 Å². The molecule has 0 saturated carbocycles. The lowest BCUT2D eigenvalue weighted by Crippen LogP contribution is -2.20.